The second-order valence-corrected chi connectivity index (χ2v) is 12.5. The zero-order valence-electron chi connectivity index (χ0n) is 24.2. The average Bonchev–Trinajstić information content (AvgIpc) is 3.63. The maximum atomic E-state index is 14.2. The normalized spacial score (nSPS) is 15.7. The van der Waals surface area contributed by atoms with E-state index in [0.717, 1.165) is 36.1 Å². The topological polar surface area (TPSA) is 129 Å². The van der Waals surface area contributed by atoms with Gasteiger partial charge in [-0.05, 0) is 51.5 Å². The maximum absolute atomic E-state index is 14.2. The highest BCUT2D eigenvalue weighted by Gasteiger charge is 2.36. The molecule has 224 valence electrons. The molecule has 0 bridgehead atoms. The van der Waals surface area contributed by atoms with Crippen LogP contribution in [0.3, 0.4) is 0 Å². The van der Waals surface area contributed by atoms with E-state index in [1.54, 1.807) is 26.0 Å². The van der Waals surface area contributed by atoms with Crippen molar-refractivity contribution in [1.82, 2.24) is 18.4 Å². The van der Waals surface area contributed by atoms with Crippen LogP contribution >= 0.6 is 23.3 Å². The van der Waals surface area contributed by atoms with E-state index in [-0.39, 0.29) is 18.0 Å². The van der Waals surface area contributed by atoms with Crippen LogP contribution in [0.25, 0.3) is 21.0 Å². The van der Waals surface area contributed by atoms with Crippen molar-refractivity contribution < 1.29 is 23.8 Å². The van der Waals surface area contributed by atoms with Crippen LogP contribution in [0.15, 0.2) is 50.7 Å². The lowest BCUT2D eigenvalue weighted by atomic mass is 10.0. The molecule has 1 aliphatic rings. The number of rotatable bonds is 10. The molecular weight excluding hydrogens is 580 g/mol. The summed E-state index contributed by atoms with van der Waals surface area (Å²) in [4.78, 5) is 45.6. The van der Waals surface area contributed by atoms with Crippen LogP contribution < -0.4 is 16.0 Å². The third kappa shape index (κ3) is 5.41. The Bertz CT molecular complexity index is 1700. The number of oxazole rings is 1. The summed E-state index contributed by atoms with van der Waals surface area (Å²) in [7, 11) is 1.58. The molecule has 0 amide bonds. The predicted octanol–water partition coefficient (Wildman–Crippen LogP) is 4.52. The molecule has 1 fully saturated rings. The molecule has 1 aliphatic heterocycles. The van der Waals surface area contributed by atoms with Crippen molar-refractivity contribution in [3.05, 3.63) is 68.7 Å². The lowest BCUT2D eigenvalue weighted by Gasteiger charge is -2.33. The van der Waals surface area contributed by atoms with Gasteiger partial charge in [0, 0.05) is 18.7 Å². The molecule has 0 radical (unpaired) electrons. The van der Waals surface area contributed by atoms with Gasteiger partial charge in [-0.3, -0.25) is 13.7 Å². The lowest BCUT2D eigenvalue weighted by molar-refractivity contribution is -0.146. The lowest BCUT2D eigenvalue weighted by Crippen LogP contribution is -2.52. The van der Waals surface area contributed by atoms with Crippen molar-refractivity contribution in [2.75, 3.05) is 26.5 Å². The number of hydrogen-bond donors (Lipinski definition) is 1. The molecule has 0 spiro atoms. The molecule has 1 saturated heterocycles. The number of aryl methyl sites for hydroxylation is 1. The van der Waals surface area contributed by atoms with Gasteiger partial charge in [0.15, 0.2) is 0 Å². The molecule has 42 heavy (non-hydrogen) atoms. The number of carboxylic acids is 1. The van der Waals surface area contributed by atoms with Crippen molar-refractivity contribution in [1.29, 1.82) is 0 Å². The number of fused-ring (bicyclic) bond motifs is 1. The fourth-order valence-electron chi connectivity index (χ4n) is 5.33. The molecule has 1 atom stereocenters. The maximum Gasteiger partial charge on any atom is 0.333 e. The van der Waals surface area contributed by atoms with Crippen molar-refractivity contribution in [3.8, 4) is 16.5 Å². The van der Waals surface area contributed by atoms with Crippen LogP contribution in [0.2, 0.25) is 0 Å². The Balaban J connectivity index is 1.71. The molecule has 3 aromatic heterocycles. The standard InChI is InChI=1S/C29H34N4O7S2/c1-17-22-25(34)33(29(2,3)27(35)36)28(37)32(26(22)42-23(17)24-30-12-15-39-24)16-21(19-8-6-7-9-20(19)38-4)40-18-10-13-31(41-5)14-11-18/h6-9,12,15,18,21H,10-11,13-14,16H2,1-5H3,(H,35,36). The molecule has 4 aromatic rings. The van der Waals surface area contributed by atoms with Crippen molar-refractivity contribution in [2.45, 2.75) is 57.9 Å². The number of para-hydroxylation sites is 1. The number of thiophene rings is 1. The Kier molecular flexibility index (Phi) is 8.65. The molecule has 1 unspecified atom stereocenters. The molecule has 1 N–H and O–H groups in total. The number of aliphatic carboxylic acids is 1. The average molecular weight is 615 g/mol. The highest BCUT2D eigenvalue weighted by Crippen LogP contribution is 2.38. The first-order chi connectivity index (χ1) is 20.1. The van der Waals surface area contributed by atoms with Gasteiger partial charge in [0.25, 0.3) is 5.56 Å². The third-order valence-electron chi connectivity index (χ3n) is 7.77. The van der Waals surface area contributed by atoms with E-state index in [4.69, 9.17) is 13.9 Å². The predicted molar refractivity (Wildman–Crippen MR) is 162 cm³/mol. The summed E-state index contributed by atoms with van der Waals surface area (Å²) in [5.74, 6) is -0.379. The van der Waals surface area contributed by atoms with Gasteiger partial charge in [0.1, 0.15) is 28.5 Å². The summed E-state index contributed by atoms with van der Waals surface area (Å²) in [5, 5.41) is 10.3. The molecule has 1 aromatic carbocycles. The fraction of sp³-hybridized carbons (Fsp3) is 0.448. The van der Waals surface area contributed by atoms with Gasteiger partial charge in [-0.1, -0.05) is 30.1 Å². The Morgan fingerprint density at radius 1 is 1.26 bits per heavy atom. The van der Waals surface area contributed by atoms with Crippen molar-refractivity contribution >= 4 is 39.5 Å². The van der Waals surface area contributed by atoms with Gasteiger partial charge in [0.2, 0.25) is 5.89 Å². The third-order valence-corrected chi connectivity index (χ3v) is 9.96. The largest absolute Gasteiger partial charge is 0.496 e. The quantitative estimate of drug-likeness (QED) is 0.255. The van der Waals surface area contributed by atoms with Crippen LogP contribution in [0, 0.1) is 6.92 Å². The number of hydrogen-bond acceptors (Lipinski definition) is 10. The number of benzene rings is 1. The smallest absolute Gasteiger partial charge is 0.333 e. The van der Waals surface area contributed by atoms with E-state index in [1.807, 2.05) is 24.3 Å². The summed E-state index contributed by atoms with van der Waals surface area (Å²) >= 11 is 2.92. The Morgan fingerprint density at radius 3 is 2.60 bits per heavy atom. The number of carbonyl (C=O) groups is 1. The van der Waals surface area contributed by atoms with Gasteiger partial charge >= 0.3 is 11.7 Å². The number of aromatic nitrogens is 3. The minimum Gasteiger partial charge on any atom is -0.496 e. The van der Waals surface area contributed by atoms with Crippen molar-refractivity contribution in [3.63, 3.8) is 0 Å². The van der Waals surface area contributed by atoms with Crippen LogP contribution in [0.5, 0.6) is 5.75 Å². The van der Waals surface area contributed by atoms with Crippen LogP contribution in [0.1, 0.15) is 43.9 Å². The highest BCUT2D eigenvalue weighted by atomic mass is 32.2. The Morgan fingerprint density at radius 2 is 1.98 bits per heavy atom. The number of piperidine rings is 1. The summed E-state index contributed by atoms with van der Waals surface area (Å²) in [5.41, 5.74) is -1.91. The van der Waals surface area contributed by atoms with Gasteiger partial charge < -0.3 is 19.0 Å². The zero-order valence-corrected chi connectivity index (χ0v) is 25.8. The van der Waals surface area contributed by atoms with E-state index < -0.39 is 28.9 Å². The Hall–Kier alpha value is -3.39. The second kappa shape index (κ2) is 12.1. The van der Waals surface area contributed by atoms with Crippen LogP contribution in [-0.4, -0.2) is 62.1 Å². The summed E-state index contributed by atoms with van der Waals surface area (Å²) in [6.07, 6.45) is 5.93. The second-order valence-electron chi connectivity index (χ2n) is 10.6. The molecule has 13 heteroatoms. The minimum atomic E-state index is -1.81. The summed E-state index contributed by atoms with van der Waals surface area (Å²) < 4.78 is 22.5. The monoisotopic (exact) mass is 614 g/mol. The minimum absolute atomic E-state index is 0.0272. The molecule has 4 heterocycles. The van der Waals surface area contributed by atoms with E-state index in [2.05, 4.69) is 15.5 Å². The van der Waals surface area contributed by atoms with E-state index in [0.29, 0.717) is 26.9 Å². The first kappa shape index (κ1) is 30.1. The molecule has 11 nitrogen and oxygen atoms in total. The number of methoxy groups -OCH3 is 1. The SMILES string of the molecule is COc1ccccc1C(Cn1c(=O)n(C(C)(C)C(=O)O)c(=O)c2c(C)c(-c3ncco3)sc21)OC1CCN(SC)CC1. The van der Waals surface area contributed by atoms with Gasteiger partial charge in [0.05, 0.1) is 36.2 Å². The van der Waals surface area contributed by atoms with Gasteiger partial charge in [-0.25, -0.2) is 19.1 Å². The molecule has 5 rings (SSSR count). The number of ether oxygens (including phenoxy) is 2. The number of carboxylic acid groups (broad SMARTS) is 1. The van der Waals surface area contributed by atoms with Crippen LogP contribution in [0.4, 0.5) is 0 Å². The zero-order chi connectivity index (χ0) is 30.2. The van der Waals surface area contributed by atoms with E-state index >= 15 is 0 Å². The summed E-state index contributed by atoms with van der Waals surface area (Å²) in [6.45, 7) is 6.21. The number of nitrogens with zero attached hydrogens (tertiary/aromatic N) is 4. The fourth-order valence-corrected chi connectivity index (χ4v) is 7.15. The highest BCUT2D eigenvalue weighted by molar-refractivity contribution is 7.96. The van der Waals surface area contributed by atoms with Crippen LogP contribution in [-0.2, 0) is 21.6 Å². The summed E-state index contributed by atoms with van der Waals surface area (Å²) in [6, 6.07) is 7.48. The van der Waals surface area contributed by atoms with Crippen molar-refractivity contribution in [2.24, 2.45) is 0 Å². The molecule has 0 aliphatic carbocycles. The van der Waals surface area contributed by atoms with E-state index in [1.165, 1.54) is 42.2 Å². The Labute approximate surface area is 250 Å². The molecular formula is C29H34N4O7S2. The van der Waals surface area contributed by atoms with Gasteiger partial charge in [-0.15, -0.1) is 11.3 Å². The van der Waals surface area contributed by atoms with Gasteiger partial charge in [-0.2, -0.15) is 0 Å². The first-order valence-electron chi connectivity index (χ1n) is 13.6. The van der Waals surface area contributed by atoms with E-state index in [9.17, 15) is 19.5 Å². The first-order valence-corrected chi connectivity index (χ1v) is 15.6. The molecule has 0 saturated carbocycles.